The van der Waals surface area contributed by atoms with Crippen LogP contribution in [0.5, 0.6) is 0 Å². The van der Waals surface area contributed by atoms with Crippen LogP contribution in [0.4, 0.5) is 30.5 Å². The monoisotopic (exact) mass is 447 g/mol. The van der Waals surface area contributed by atoms with Crippen molar-refractivity contribution in [1.29, 1.82) is 0 Å². The standard InChI is InChI=1S/C21H24F3N7O/c22-14-8-13(19(26)32)20(30-21(14)29-16-4-2-1-3-15(16)25)28-12-6-5-11-9-27-31(10-18(23)24)17(11)7-12/h5-9,15-16,18H,1-4,10,25H2,(H2,26,32)(H2,28,29,30)/t15-,16+/m1/s1. The molecule has 0 saturated heterocycles. The van der Waals surface area contributed by atoms with Crippen molar-refractivity contribution < 1.29 is 18.0 Å². The Hall–Kier alpha value is -3.34. The number of fused-ring (bicyclic) bond motifs is 1. The van der Waals surface area contributed by atoms with E-state index in [1.54, 1.807) is 18.2 Å². The van der Waals surface area contributed by atoms with E-state index in [0.717, 1.165) is 31.7 Å². The van der Waals surface area contributed by atoms with Gasteiger partial charge in [0.2, 0.25) is 0 Å². The summed E-state index contributed by atoms with van der Waals surface area (Å²) in [5.41, 5.74) is 12.4. The van der Waals surface area contributed by atoms with Crippen LogP contribution in [0.3, 0.4) is 0 Å². The van der Waals surface area contributed by atoms with Crippen LogP contribution in [-0.2, 0) is 6.54 Å². The molecule has 1 amide bonds. The topological polar surface area (TPSA) is 124 Å². The van der Waals surface area contributed by atoms with E-state index in [0.29, 0.717) is 16.6 Å². The number of primary amides is 1. The third-order valence-corrected chi connectivity index (χ3v) is 5.60. The molecule has 0 radical (unpaired) electrons. The predicted molar refractivity (Wildman–Crippen MR) is 116 cm³/mol. The van der Waals surface area contributed by atoms with Gasteiger partial charge in [0.05, 0.1) is 17.3 Å². The van der Waals surface area contributed by atoms with Crippen molar-refractivity contribution in [3.8, 4) is 0 Å². The van der Waals surface area contributed by atoms with Gasteiger partial charge in [-0.3, -0.25) is 9.48 Å². The fraction of sp³-hybridized carbons (Fsp3) is 0.381. The number of hydrogen-bond acceptors (Lipinski definition) is 6. The minimum Gasteiger partial charge on any atom is -0.365 e. The molecule has 32 heavy (non-hydrogen) atoms. The molecule has 1 saturated carbocycles. The molecule has 11 heteroatoms. The number of nitrogens with zero attached hydrogens (tertiary/aromatic N) is 3. The number of hydrogen-bond donors (Lipinski definition) is 4. The van der Waals surface area contributed by atoms with Gasteiger partial charge in [0.25, 0.3) is 12.3 Å². The van der Waals surface area contributed by atoms with E-state index in [4.69, 9.17) is 11.5 Å². The zero-order valence-electron chi connectivity index (χ0n) is 17.2. The van der Waals surface area contributed by atoms with Crippen LogP contribution in [0, 0.1) is 5.82 Å². The molecule has 4 rings (SSSR count). The van der Waals surface area contributed by atoms with Crippen LogP contribution < -0.4 is 22.1 Å². The van der Waals surface area contributed by atoms with Crippen molar-refractivity contribution >= 4 is 34.1 Å². The van der Waals surface area contributed by atoms with E-state index in [2.05, 4.69) is 20.7 Å². The summed E-state index contributed by atoms with van der Waals surface area (Å²) < 4.78 is 41.5. The SMILES string of the molecule is NC(=O)c1cc(F)c(N[C@H]2CCCC[C@H]2N)nc1Nc1ccc2cnn(CC(F)F)c2c1. The maximum absolute atomic E-state index is 14.7. The number of nitrogens with two attached hydrogens (primary N) is 2. The molecule has 2 atom stereocenters. The number of carbonyl (C=O) groups is 1. The molecule has 0 spiro atoms. The Bertz CT molecular complexity index is 1130. The fourth-order valence-electron chi connectivity index (χ4n) is 3.95. The second kappa shape index (κ2) is 9.03. The Morgan fingerprint density at radius 1 is 1.22 bits per heavy atom. The Morgan fingerprint density at radius 3 is 2.72 bits per heavy atom. The van der Waals surface area contributed by atoms with Crippen LogP contribution in [0.2, 0.25) is 0 Å². The van der Waals surface area contributed by atoms with Crippen molar-refractivity contribution in [2.24, 2.45) is 11.5 Å². The van der Waals surface area contributed by atoms with Gasteiger partial charge in [-0.25, -0.2) is 18.2 Å². The Kier molecular flexibility index (Phi) is 6.17. The molecule has 0 aliphatic heterocycles. The van der Waals surface area contributed by atoms with Gasteiger partial charge in [-0.15, -0.1) is 0 Å². The first-order valence-electron chi connectivity index (χ1n) is 10.3. The maximum Gasteiger partial charge on any atom is 0.257 e. The van der Waals surface area contributed by atoms with Gasteiger partial charge in [-0.05, 0) is 37.1 Å². The van der Waals surface area contributed by atoms with Gasteiger partial charge in [0.15, 0.2) is 11.6 Å². The number of nitrogens with one attached hydrogen (secondary N) is 2. The first kappa shape index (κ1) is 21.9. The number of aromatic nitrogens is 3. The Labute approximate surface area is 182 Å². The predicted octanol–water partition coefficient (Wildman–Crippen LogP) is 3.36. The third-order valence-electron chi connectivity index (χ3n) is 5.60. The zero-order valence-corrected chi connectivity index (χ0v) is 17.2. The number of alkyl halides is 2. The fourth-order valence-corrected chi connectivity index (χ4v) is 3.95. The summed E-state index contributed by atoms with van der Waals surface area (Å²) in [5.74, 6) is -1.56. The number of carbonyl (C=O) groups excluding carboxylic acids is 1. The minimum absolute atomic E-state index is 0.0383. The zero-order chi connectivity index (χ0) is 22.8. The van der Waals surface area contributed by atoms with Crippen LogP contribution in [-0.4, -0.2) is 39.2 Å². The van der Waals surface area contributed by atoms with Gasteiger partial charge >= 0.3 is 0 Å². The normalized spacial score (nSPS) is 18.8. The summed E-state index contributed by atoms with van der Waals surface area (Å²) in [7, 11) is 0. The smallest absolute Gasteiger partial charge is 0.257 e. The average molecular weight is 447 g/mol. The van der Waals surface area contributed by atoms with Gasteiger partial charge in [-0.2, -0.15) is 5.10 Å². The number of anilines is 3. The second-order valence-electron chi connectivity index (χ2n) is 7.89. The summed E-state index contributed by atoms with van der Waals surface area (Å²) in [6, 6.07) is 5.73. The van der Waals surface area contributed by atoms with E-state index in [1.165, 1.54) is 10.9 Å². The summed E-state index contributed by atoms with van der Waals surface area (Å²) >= 11 is 0. The molecule has 3 aromatic rings. The molecule has 2 heterocycles. The molecule has 1 aromatic carbocycles. The molecular formula is C21H24F3N7O. The molecule has 1 aliphatic carbocycles. The van der Waals surface area contributed by atoms with Gasteiger partial charge in [0, 0.05) is 23.2 Å². The lowest BCUT2D eigenvalue weighted by Crippen LogP contribution is -2.43. The van der Waals surface area contributed by atoms with Gasteiger partial charge in [-0.1, -0.05) is 12.8 Å². The number of pyridine rings is 1. The van der Waals surface area contributed by atoms with Crippen molar-refractivity contribution in [3.05, 3.63) is 41.8 Å². The third kappa shape index (κ3) is 4.62. The van der Waals surface area contributed by atoms with Crippen molar-refractivity contribution in [2.75, 3.05) is 10.6 Å². The summed E-state index contributed by atoms with van der Waals surface area (Å²) in [4.78, 5) is 16.2. The van der Waals surface area contributed by atoms with Crippen LogP contribution in [0.15, 0.2) is 30.5 Å². The Morgan fingerprint density at radius 2 is 2.00 bits per heavy atom. The number of amides is 1. The molecule has 2 aromatic heterocycles. The molecule has 170 valence electrons. The Balaban J connectivity index is 1.66. The lowest BCUT2D eigenvalue weighted by Gasteiger charge is -2.30. The highest BCUT2D eigenvalue weighted by atomic mass is 19.3. The summed E-state index contributed by atoms with van der Waals surface area (Å²) in [5, 5.41) is 10.6. The van der Waals surface area contributed by atoms with Crippen LogP contribution >= 0.6 is 0 Å². The molecular weight excluding hydrogens is 423 g/mol. The minimum atomic E-state index is -2.56. The molecule has 0 unspecified atom stereocenters. The van der Waals surface area contributed by atoms with E-state index in [-0.39, 0.29) is 29.3 Å². The highest BCUT2D eigenvalue weighted by Gasteiger charge is 2.24. The van der Waals surface area contributed by atoms with Gasteiger partial charge < -0.3 is 22.1 Å². The van der Waals surface area contributed by atoms with Crippen molar-refractivity contribution in [1.82, 2.24) is 14.8 Å². The average Bonchev–Trinajstić information content (AvgIpc) is 3.13. The van der Waals surface area contributed by atoms with Crippen molar-refractivity contribution in [2.45, 2.75) is 50.7 Å². The van der Waals surface area contributed by atoms with E-state index in [9.17, 15) is 18.0 Å². The highest BCUT2D eigenvalue weighted by molar-refractivity contribution is 5.99. The summed E-state index contributed by atoms with van der Waals surface area (Å²) in [6.07, 6.45) is 2.54. The molecule has 1 aliphatic rings. The number of halogens is 3. The number of benzene rings is 1. The second-order valence-corrected chi connectivity index (χ2v) is 7.89. The lowest BCUT2D eigenvalue weighted by atomic mass is 9.91. The quantitative estimate of drug-likeness (QED) is 0.440. The van der Waals surface area contributed by atoms with Crippen molar-refractivity contribution in [3.63, 3.8) is 0 Å². The van der Waals surface area contributed by atoms with E-state index in [1.807, 2.05) is 0 Å². The summed E-state index contributed by atoms with van der Waals surface area (Å²) in [6.45, 7) is -0.552. The van der Waals surface area contributed by atoms with Crippen LogP contribution in [0.1, 0.15) is 36.0 Å². The van der Waals surface area contributed by atoms with E-state index < -0.39 is 24.7 Å². The van der Waals surface area contributed by atoms with Crippen LogP contribution in [0.25, 0.3) is 10.9 Å². The first-order valence-corrected chi connectivity index (χ1v) is 10.3. The first-order chi connectivity index (χ1) is 15.3. The lowest BCUT2D eigenvalue weighted by molar-refractivity contribution is 0.1000. The maximum atomic E-state index is 14.7. The van der Waals surface area contributed by atoms with Gasteiger partial charge in [0.1, 0.15) is 12.4 Å². The molecule has 1 fully saturated rings. The van der Waals surface area contributed by atoms with E-state index >= 15 is 0 Å². The largest absolute Gasteiger partial charge is 0.365 e. The molecule has 8 nitrogen and oxygen atoms in total. The highest BCUT2D eigenvalue weighted by Crippen LogP contribution is 2.28. The number of rotatable bonds is 7. The molecule has 0 bridgehead atoms. The molecule has 6 N–H and O–H groups in total.